The molecule has 0 aliphatic carbocycles. The second-order valence-electron chi connectivity index (χ2n) is 5.79. The molecule has 1 aliphatic heterocycles. The first kappa shape index (κ1) is 15.9. The van der Waals surface area contributed by atoms with Crippen molar-refractivity contribution in [2.24, 2.45) is 0 Å². The van der Waals surface area contributed by atoms with Crippen molar-refractivity contribution in [3.63, 3.8) is 0 Å². The van der Waals surface area contributed by atoms with Crippen molar-refractivity contribution < 1.29 is 9.21 Å². The number of likely N-dealkylation sites (tertiary alicyclic amines) is 1. The molecule has 0 radical (unpaired) electrons. The zero-order valence-corrected chi connectivity index (χ0v) is 13.6. The number of fused-ring (bicyclic) bond motifs is 1. The van der Waals surface area contributed by atoms with E-state index in [0.717, 1.165) is 18.4 Å². The third-order valence-corrected chi connectivity index (χ3v) is 4.55. The van der Waals surface area contributed by atoms with Crippen LogP contribution in [0.25, 0.3) is 11.1 Å². The van der Waals surface area contributed by atoms with E-state index in [2.05, 4.69) is 6.58 Å². The number of hydrogen-bond acceptors (Lipinski definition) is 3. The summed E-state index contributed by atoms with van der Waals surface area (Å²) in [6.07, 6.45) is 4.43. The molecule has 1 aromatic carbocycles. The molecule has 0 N–H and O–H groups in total. The Balaban J connectivity index is 1.77. The molecule has 1 amide bonds. The van der Waals surface area contributed by atoms with Crippen LogP contribution < -0.4 is 5.76 Å². The Morgan fingerprint density at radius 1 is 1.39 bits per heavy atom. The average Bonchev–Trinajstić information content (AvgIpc) is 2.88. The van der Waals surface area contributed by atoms with Crippen molar-refractivity contribution in [2.75, 3.05) is 13.1 Å². The number of hydrogen-bond donors (Lipinski definition) is 0. The highest BCUT2D eigenvalue weighted by atomic mass is 35.5. The van der Waals surface area contributed by atoms with Crippen molar-refractivity contribution in [1.82, 2.24) is 9.47 Å². The number of halogens is 1. The number of amides is 1. The Bertz CT molecular complexity index is 785. The van der Waals surface area contributed by atoms with Gasteiger partial charge in [-0.2, -0.15) is 0 Å². The molecule has 122 valence electrons. The first-order valence-electron chi connectivity index (χ1n) is 7.79. The van der Waals surface area contributed by atoms with Crippen LogP contribution in [-0.2, 0) is 4.79 Å². The Morgan fingerprint density at radius 3 is 2.83 bits per heavy atom. The molecule has 6 heteroatoms. The van der Waals surface area contributed by atoms with E-state index >= 15 is 0 Å². The number of benzene rings is 1. The molecule has 0 bridgehead atoms. The number of oxazole rings is 1. The summed E-state index contributed by atoms with van der Waals surface area (Å²) in [5.74, 6) is -0.213. The lowest BCUT2D eigenvalue weighted by Crippen LogP contribution is -2.40. The Hall–Kier alpha value is -2.01. The van der Waals surface area contributed by atoms with E-state index in [0.29, 0.717) is 36.5 Å². The van der Waals surface area contributed by atoms with Crippen LogP contribution in [0.15, 0.2) is 40.1 Å². The molecular weight excluding hydrogens is 316 g/mol. The maximum absolute atomic E-state index is 12.2. The van der Waals surface area contributed by atoms with E-state index < -0.39 is 0 Å². The molecule has 5 nitrogen and oxygen atoms in total. The van der Waals surface area contributed by atoms with Gasteiger partial charge in [-0.25, -0.2) is 4.79 Å². The molecular formula is C17H19ClN2O3. The molecule has 0 atom stereocenters. The second-order valence-corrected chi connectivity index (χ2v) is 6.23. The summed E-state index contributed by atoms with van der Waals surface area (Å²) in [6, 6.07) is 5.20. The van der Waals surface area contributed by atoms with E-state index in [-0.39, 0.29) is 17.7 Å². The first-order valence-corrected chi connectivity index (χ1v) is 8.17. The lowest BCUT2D eigenvalue weighted by molar-refractivity contribution is -0.132. The van der Waals surface area contributed by atoms with Crippen LogP contribution in [-0.4, -0.2) is 28.5 Å². The summed E-state index contributed by atoms with van der Waals surface area (Å²) in [7, 11) is 0. The molecule has 1 saturated heterocycles. The topological polar surface area (TPSA) is 55.5 Å². The van der Waals surface area contributed by atoms with Gasteiger partial charge in [-0.15, -0.1) is 6.58 Å². The lowest BCUT2D eigenvalue weighted by Gasteiger charge is -2.32. The zero-order valence-electron chi connectivity index (χ0n) is 12.8. The maximum Gasteiger partial charge on any atom is 0.420 e. The molecule has 2 aromatic rings. The number of carbonyl (C=O) groups excluding carboxylic acids is 1. The van der Waals surface area contributed by atoms with Crippen LogP contribution in [0.5, 0.6) is 0 Å². The number of nitrogens with zero attached hydrogens (tertiary/aromatic N) is 2. The Kier molecular flexibility index (Phi) is 4.57. The molecule has 0 unspecified atom stereocenters. The van der Waals surface area contributed by atoms with E-state index in [1.807, 2.05) is 4.90 Å². The van der Waals surface area contributed by atoms with Gasteiger partial charge in [-0.05, 0) is 37.5 Å². The summed E-state index contributed by atoms with van der Waals surface area (Å²) < 4.78 is 6.97. The number of rotatable bonds is 4. The summed E-state index contributed by atoms with van der Waals surface area (Å²) in [6.45, 7) is 4.95. The van der Waals surface area contributed by atoms with E-state index in [1.165, 1.54) is 0 Å². The highest BCUT2D eigenvalue weighted by molar-refractivity contribution is 6.31. The van der Waals surface area contributed by atoms with Crippen LogP contribution in [0.4, 0.5) is 0 Å². The average molecular weight is 335 g/mol. The zero-order chi connectivity index (χ0) is 16.4. The van der Waals surface area contributed by atoms with Crippen molar-refractivity contribution in [3.05, 3.63) is 46.4 Å². The van der Waals surface area contributed by atoms with Crippen molar-refractivity contribution in [1.29, 1.82) is 0 Å². The van der Waals surface area contributed by atoms with Crippen molar-refractivity contribution in [3.8, 4) is 0 Å². The lowest BCUT2D eigenvalue weighted by atomic mass is 10.0. The first-order chi connectivity index (χ1) is 11.1. The molecule has 1 fully saturated rings. The number of allylic oxidation sites excluding steroid dienone is 1. The summed E-state index contributed by atoms with van der Waals surface area (Å²) >= 11 is 6.03. The number of aromatic nitrogens is 1. The van der Waals surface area contributed by atoms with Gasteiger partial charge in [0.2, 0.25) is 5.91 Å². The quantitative estimate of drug-likeness (QED) is 0.805. The minimum Gasteiger partial charge on any atom is -0.408 e. The van der Waals surface area contributed by atoms with Gasteiger partial charge in [0.1, 0.15) is 0 Å². The predicted octanol–water partition coefficient (Wildman–Crippen LogP) is 3.38. The van der Waals surface area contributed by atoms with Gasteiger partial charge in [0, 0.05) is 30.6 Å². The normalized spacial score (nSPS) is 16.0. The third-order valence-electron chi connectivity index (χ3n) is 4.32. The minimum atomic E-state index is -0.362. The van der Waals surface area contributed by atoms with Crippen LogP contribution in [0.1, 0.15) is 31.7 Å². The predicted molar refractivity (Wildman–Crippen MR) is 89.8 cm³/mol. The third kappa shape index (κ3) is 3.20. The number of carbonyl (C=O) groups is 1. The van der Waals surface area contributed by atoms with Crippen molar-refractivity contribution >= 4 is 28.6 Å². The molecule has 0 spiro atoms. The van der Waals surface area contributed by atoms with Gasteiger partial charge in [0.25, 0.3) is 0 Å². The van der Waals surface area contributed by atoms with Gasteiger partial charge in [0.15, 0.2) is 5.58 Å². The largest absolute Gasteiger partial charge is 0.420 e. The Labute approximate surface area is 139 Å². The molecule has 2 heterocycles. The summed E-state index contributed by atoms with van der Waals surface area (Å²) in [5.41, 5.74) is 1.27. The fourth-order valence-electron chi connectivity index (χ4n) is 3.11. The van der Waals surface area contributed by atoms with E-state index in [9.17, 15) is 9.59 Å². The monoisotopic (exact) mass is 334 g/mol. The van der Waals surface area contributed by atoms with Crippen LogP contribution >= 0.6 is 11.6 Å². The van der Waals surface area contributed by atoms with Gasteiger partial charge in [-0.1, -0.05) is 17.7 Å². The van der Waals surface area contributed by atoms with Gasteiger partial charge in [-0.3, -0.25) is 9.36 Å². The second kappa shape index (κ2) is 6.62. The van der Waals surface area contributed by atoms with Gasteiger partial charge >= 0.3 is 5.76 Å². The summed E-state index contributed by atoms with van der Waals surface area (Å²) in [5, 5.41) is 0.573. The number of piperidine rings is 1. The fraction of sp³-hybridized carbons (Fsp3) is 0.412. The molecule has 23 heavy (non-hydrogen) atoms. The van der Waals surface area contributed by atoms with Crippen LogP contribution in [0, 0.1) is 0 Å². The Morgan fingerprint density at radius 2 is 2.13 bits per heavy atom. The highest BCUT2D eigenvalue weighted by Crippen LogP contribution is 2.27. The van der Waals surface area contributed by atoms with Crippen molar-refractivity contribution in [2.45, 2.75) is 31.7 Å². The minimum absolute atomic E-state index is 0.0330. The van der Waals surface area contributed by atoms with E-state index in [1.54, 1.807) is 28.8 Å². The molecule has 1 aliphatic rings. The van der Waals surface area contributed by atoms with Gasteiger partial charge < -0.3 is 9.32 Å². The van der Waals surface area contributed by atoms with Gasteiger partial charge in [0.05, 0.1) is 5.52 Å². The molecule has 0 saturated carbocycles. The SMILES string of the molecule is C=CCCC(=O)N1CCC(n2c(=O)oc3ccc(Cl)cc32)CC1. The smallest absolute Gasteiger partial charge is 0.408 e. The standard InChI is InChI=1S/C17H19ClN2O3/c1-2-3-4-16(21)19-9-7-13(8-10-19)20-14-11-12(18)5-6-15(14)23-17(20)22/h2,5-6,11,13H,1,3-4,7-10H2. The van der Waals surface area contributed by atoms with Crippen LogP contribution in [0.3, 0.4) is 0 Å². The van der Waals surface area contributed by atoms with Crippen LogP contribution in [0.2, 0.25) is 5.02 Å². The van der Waals surface area contributed by atoms with E-state index in [4.69, 9.17) is 16.0 Å². The summed E-state index contributed by atoms with van der Waals surface area (Å²) in [4.78, 5) is 26.1. The fourth-order valence-corrected chi connectivity index (χ4v) is 3.28. The molecule has 3 rings (SSSR count). The molecule has 1 aromatic heterocycles. The highest BCUT2D eigenvalue weighted by Gasteiger charge is 2.26. The maximum atomic E-state index is 12.2.